The minimum atomic E-state index is -4.46. The Balaban J connectivity index is 1.63. The molecule has 3 rings (SSSR count). The number of methoxy groups -OCH3 is 1. The Morgan fingerprint density at radius 2 is 1.87 bits per heavy atom. The quantitative estimate of drug-likeness (QED) is 0.411. The molecule has 0 N–H and O–H groups in total. The van der Waals surface area contributed by atoms with Crippen LogP contribution in [-0.2, 0) is 15.7 Å². The Bertz CT molecular complexity index is 1040. The van der Waals surface area contributed by atoms with E-state index in [4.69, 9.17) is 13.9 Å². The minimum absolute atomic E-state index is 0.0848. The van der Waals surface area contributed by atoms with Crippen LogP contribution in [0.4, 0.5) is 13.2 Å². The molecule has 0 amide bonds. The van der Waals surface area contributed by atoms with E-state index >= 15 is 0 Å². The molecule has 0 saturated carbocycles. The van der Waals surface area contributed by atoms with E-state index in [0.29, 0.717) is 11.3 Å². The number of ether oxygens (including phenoxy) is 2. The molecule has 1 heterocycles. The third kappa shape index (κ3) is 5.25. The molecule has 156 valence electrons. The number of rotatable bonds is 6. The van der Waals surface area contributed by atoms with Crippen molar-refractivity contribution in [2.24, 2.45) is 0 Å². The molecule has 9 heteroatoms. The van der Waals surface area contributed by atoms with Gasteiger partial charge in [-0.25, -0.2) is 4.79 Å². The van der Waals surface area contributed by atoms with Crippen LogP contribution in [0.1, 0.15) is 30.0 Å². The largest absolute Gasteiger partial charge is 0.497 e. The van der Waals surface area contributed by atoms with Gasteiger partial charge in [-0.1, -0.05) is 12.1 Å². The van der Waals surface area contributed by atoms with Crippen molar-refractivity contribution in [1.29, 1.82) is 0 Å². The SMILES string of the molecule is COc1ccc(-c2nnc(C(C)OC(=O)/C=C/c3cccc(C(F)(F)F)c3)o2)cc1. The zero-order chi connectivity index (χ0) is 21.7. The van der Waals surface area contributed by atoms with Gasteiger partial charge >= 0.3 is 12.1 Å². The lowest BCUT2D eigenvalue weighted by Gasteiger charge is -2.08. The van der Waals surface area contributed by atoms with E-state index in [1.165, 1.54) is 18.2 Å². The van der Waals surface area contributed by atoms with Crippen LogP contribution in [0.25, 0.3) is 17.5 Å². The number of esters is 1. The Morgan fingerprint density at radius 1 is 1.13 bits per heavy atom. The molecule has 1 unspecified atom stereocenters. The monoisotopic (exact) mass is 418 g/mol. The molecule has 30 heavy (non-hydrogen) atoms. The third-order valence-electron chi connectivity index (χ3n) is 4.04. The maximum Gasteiger partial charge on any atom is 0.416 e. The Morgan fingerprint density at radius 3 is 2.53 bits per heavy atom. The summed E-state index contributed by atoms with van der Waals surface area (Å²) in [5.41, 5.74) is 0.0786. The first-order chi connectivity index (χ1) is 14.3. The smallest absolute Gasteiger partial charge is 0.416 e. The molecule has 1 atom stereocenters. The van der Waals surface area contributed by atoms with Crippen LogP contribution in [0.15, 0.2) is 59.0 Å². The molecule has 1 aromatic heterocycles. The van der Waals surface area contributed by atoms with Crippen LogP contribution in [0.5, 0.6) is 5.75 Å². The van der Waals surface area contributed by atoms with E-state index in [1.807, 2.05) is 0 Å². The first-order valence-corrected chi connectivity index (χ1v) is 8.80. The highest BCUT2D eigenvalue weighted by molar-refractivity contribution is 5.87. The number of carbonyl (C=O) groups excluding carboxylic acids is 1. The normalized spacial score (nSPS) is 12.7. The number of hydrogen-bond donors (Lipinski definition) is 0. The highest BCUT2D eigenvalue weighted by Crippen LogP contribution is 2.30. The van der Waals surface area contributed by atoms with E-state index in [-0.39, 0.29) is 17.3 Å². The highest BCUT2D eigenvalue weighted by Gasteiger charge is 2.30. The van der Waals surface area contributed by atoms with E-state index < -0.39 is 23.8 Å². The molecule has 0 saturated heterocycles. The second-order valence-corrected chi connectivity index (χ2v) is 6.21. The van der Waals surface area contributed by atoms with Crippen LogP contribution in [0, 0.1) is 0 Å². The predicted molar refractivity (Wildman–Crippen MR) is 101 cm³/mol. The zero-order valence-electron chi connectivity index (χ0n) is 16.0. The van der Waals surface area contributed by atoms with Crippen LogP contribution in [0.3, 0.4) is 0 Å². The lowest BCUT2D eigenvalue weighted by atomic mass is 10.1. The summed E-state index contributed by atoms with van der Waals surface area (Å²) < 4.78 is 54.0. The number of benzene rings is 2. The average Bonchev–Trinajstić information content (AvgIpc) is 3.22. The Hall–Kier alpha value is -3.62. The van der Waals surface area contributed by atoms with E-state index in [2.05, 4.69) is 10.2 Å². The molecule has 0 aliphatic rings. The van der Waals surface area contributed by atoms with E-state index in [0.717, 1.165) is 18.2 Å². The molecule has 0 spiro atoms. The number of alkyl halides is 3. The summed E-state index contributed by atoms with van der Waals surface area (Å²) in [6, 6.07) is 11.6. The number of aromatic nitrogens is 2. The van der Waals surface area contributed by atoms with Crippen molar-refractivity contribution < 1.29 is 31.9 Å². The van der Waals surface area contributed by atoms with Gasteiger partial charge in [0.05, 0.1) is 12.7 Å². The van der Waals surface area contributed by atoms with Gasteiger partial charge in [-0.05, 0) is 55.0 Å². The van der Waals surface area contributed by atoms with Crippen molar-refractivity contribution in [3.8, 4) is 17.2 Å². The molecule has 0 aliphatic carbocycles. The maximum absolute atomic E-state index is 12.7. The van der Waals surface area contributed by atoms with Gasteiger partial charge in [-0.3, -0.25) is 0 Å². The lowest BCUT2D eigenvalue weighted by molar-refractivity contribution is -0.143. The van der Waals surface area contributed by atoms with E-state index in [1.54, 1.807) is 38.3 Å². The van der Waals surface area contributed by atoms with Crippen molar-refractivity contribution in [3.63, 3.8) is 0 Å². The fourth-order valence-electron chi connectivity index (χ4n) is 2.50. The maximum atomic E-state index is 12.7. The summed E-state index contributed by atoms with van der Waals surface area (Å²) >= 11 is 0. The van der Waals surface area contributed by atoms with Gasteiger partial charge in [0, 0.05) is 11.6 Å². The number of carbonyl (C=O) groups is 1. The molecule has 0 aliphatic heterocycles. The average molecular weight is 418 g/mol. The van der Waals surface area contributed by atoms with Gasteiger partial charge in [0.15, 0.2) is 6.10 Å². The zero-order valence-corrected chi connectivity index (χ0v) is 16.0. The highest BCUT2D eigenvalue weighted by atomic mass is 19.4. The standard InChI is InChI=1S/C21H17F3N2O4/c1-13(19-25-26-20(30-19)15-7-9-17(28-2)10-8-15)29-18(27)11-6-14-4-3-5-16(12-14)21(22,23)24/h3-13H,1-2H3/b11-6+. The minimum Gasteiger partial charge on any atom is -0.497 e. The van der Waals surface area contributed by atoms with Gasteiger partial charge in [0.1, 0.15) is 5.75 Å². The van der Waals surface area contributed by atoms with Crippen molar-refractivity contribution in [2.75, 3.05) is 7.11 Å². The topological polar surface area (TPSA) is 74.5 Å². The second-order valence-electron chi connectivity index (χ2n) is 6.21. The molecule has 2 aromatic carbocycles. The van der Waals surface area contributed by atoms with Crippen LogP contribution in [0.2, 0.25) is 0 Å². The second kappa shape index (κ2) is 8.81. The Kier molecular flexibility index (Phi) is 6.20. The number of halogens is 3. The predicted octanol–water partition coefficient (Wildman–Crippen LogP) is 5.08. The molecule has 0 radical (unpaired) electrons. The summed E-state index contributed by atoms with van der Waals surface area (Å²) in [6.07, 6.45) is -3.03. The molecular formula is C21H17F3N2O4. The lowest BCUT2D eigenvalue weighted by Crippen LogP contribution is -2.06. The fourth-order valence-corrected chi connectivity index (χ4v) is 2.50. The molecule has 6 nitrogen and oxygen atoms in total. The number of nitrogens with zero attached hydrogens (tertiary/aromatic N) is 2. The van der Waals surface area contributed by atoms with Crippen molar-refractivity contribution >= 4 is 12.0 Å². The molecule has 0 bridgehead atoms. The summed E-state index contributed by atoms with van der Waals surface area (Å²) in [5, 5.41) is 7.79. The van der Waals surface area contributed by atoms with Crippen LogP contribution < -0.4 is 4.74 Å². The molecule has 0 fully saturated rings. The summed E-state index contributed by atoms with van der Waals surface area (Å²) in [5.74, 6) is 0.245. The Labute approximate surface area is 169 Å². The summed E-state index contributed by atoms with van der Waals surface area (Å²) in [7, 11) is 1.55. The van der Waals surface area contributed by atoms with Gasteiger partial charge in [0.2, 0.25) is 5.89 Å². The van der Waals surface area contributed by atoms with Crippen LogP contribution in [-0.4, -0.2) is 23.3 Å². The summed E-state index contributed by atoms with van der Waals surface area (Å²) in [4.78, 5) is 12.0. The number of hydrogen-bond acceptors (Lipinski definition) is 6. The van der Waals surface area contributed by atoms with Gasteiger partial charge in [-0.15, -0.1) is 10.2 Å². The van der Waals surface area contributed by atoms with Crippen molar-refractivity contribution in [3.05, 3.63) is 71.6 Å². The van der Waals surface area contributed by atoms with Gasteiger partial charge < -0.3 is 13.9 Å². The van der Waals surface area contributed by atoms with Crippen molar-refractivity contribution in [1.82, 2.24) is 10.2 Å². The van der Waals surface area contributed by atoms with Crippen LogP contribution >= 0.6 is 0 Å². The molecule has 3 aromatic rings. The fraction of sp³-hybridized carbons (Fsp3) is 0.190. The first kappa shape index (κ1) is 21.1. The van der Waals surface area contributed by atoms with Gasteiger partial charge in [-0.2, -0.15) is 13.2 Å². The molecular weight excluding hydrogens is 401 g/mol. The van der Waals surface area contributed by atoms with Crippen molar-refractivity contribution in [2.45, 2.75) is 19.2 Å². The summed E-state index contributed by atoms with van der Waals surface area (Å²) in [6.45, 7) is 1.54. The van der Waals surface area contributed by atoms with Gasteiger partial charge in [0.25, 0.3) is 5.89 Å². The van der Waals surface area contributed by atoms with E-state index in [9.17, 15) is 18.0 Å². The first-order valence-electron chi connectivity index (χ1n) is 8.80. The third-order valence-corrected chi connectivity index (χ3v) is 4.04.